The van der Waals surface area contributed by atoms with Crippen LogP contribution in [0, 0.1) is 0 Å². The van der Waals surface area contributed by atoms with Gasteiger partial charge in [-0.2, -0.15) is 4.98 Å². The monoisotopic (exact) mass is 455 g/mol. The maximum atomic E-state index is 5.72. The Balaban J connectivity index is 1.35. The zero-order valence-corrected chi connectivity index (χ0v) is 18.7. The molecule has 3 aliphatic rings. The van der Waals surface area contributed by atoms with Crippen LogP contribution in [0.1, 0.15) is 22.9 Å². The Labute approximate surface area is 197 Å². The number of para-hydroxylation sites is 1. The zero-order chi connectivity index (χ0) is 22.5. The summed E-state index contributed by atoms with van der Waals surface area (Å²) in [7, 11) is 0. The van der Waals surface area contributed by atoms with E-state index in [0.717, 1.165) is 73.6 Å². The lowest BCUT2D eigenvalue weighted by atomic mass is 9.92. The number of hydrogen-bond acceptors (Lipinski definition) is 7. The van der Waals surface area contributed by atoms with E-state index in [1.165, 1.54) is 16.6 Å². The molecule has 0 amide bonds. The van der Waals surface area contributed by atoms with Gasteiger partial charge in [-0.15, -0.1) is 0 Å². The molecule has 0 aliphatic carbocycles. The molecule has 8 nitrogen and oxygen atoms in total. The number of aromatic amines is 1. The van der Waals surface area contributed by atoms with Gasteiger partial charge in [0.2, 0.25) is 12.7 Å². The molecule has 5 heterocycles. The van der Waals surface area contributed by atoms with Crippen LogP contribution in [-0.4, -0.2) is 54.6 Å². The normalized spacial score (nSPS) is 19.5. The fourth-order valence-electron chi connectivity index (χ4n) is 5.33. The quantitative estimate of drug-likeness (QED) is 0.505. The minimum absolute atomic E-state index is 0.0643. The Morgan fingerprint density at radius 1 is 0.941 bits per heavy atom. The number of aromatic nitrogens is 3. The van der Waals surface area contributed by atoms with E-state index in [-0.39, 0.29) is 12.8 Å². The Morgan fingerprint density at radius 3 is 2.76 bits per heavy atom. The second-order valence-corrected chi connectivity index (χ2v) is 8.84. The molecule has 1 fully saturated rings. The van der Waals surface area contributed by atoms with E-state index in [2.05, 4.69) is 51.2 Å². The fraction of sp³-hybridized carbons (Fsp3) is 0.308. The van der Waals surface area contributed by atoms with Crippen molar-refractivity contribution in [3.05, 3.63) is 71.5 Å². The lowest BCUT2D eigenvalue weighted by molar-refractivity contribution is 0.122. The van der Waals surface area contributed by atoms with Gasteiger partial charge in [-0.3, -0.25) is 0 Å². The molecule has 0 saturated carbocycles. The van der Waals surface area contributed by atoms with Gasteiger partial charge in [0.1, 0.15) is 5.82 Å². The molecule has 4 aromatic rings. The van der Waals surface area contributed by atoms with Gasteiger partial charge in [0, 0.05) is 42.4 Å². The minimum atomic E-state index is -0.0643. The van der Waals surface area contributed by atoms with Gasteiger partial charge in [0.15, 0.2) is 11.5 Å². The van der Waals surface area contributed by atoms with Crippen LogP contribution < -0.4 is 19.3 Å². The molecule has 0 bridgehead atoms. The summed E-state index contributed by atoms with van der Waals surface area (Å²) >= 11 is 0. The number of rotatable bonds is 3. The van der Waals surface area contributed by atoms with Gasteiger partial charge in [-0.1, -0.05) is 24.3 Å². The highest BCUT2D eigenvalue weighted by Gasteiger charge is 2.34. The van der Waals surface area contributed by atoms with Crippen molar-refractivity contribution in [1.82, 2.24) is 15.0 Å². The van der Waals surface area contributed by atoms with Crippen LogP contribution in [0.3, 0.4) is 0 Å². The number of morpholine rings is 1. The number of hydrogen-bond donors (Lipinski definition) is 1. The van der Waals surface area contributed by atoms with E-state index in [9.17, 15) is 0 Å². The first-order valence-corrected chi connectivity index (χ1v) is 11.8. The van der Waals surface area contributed by atoms with Gasteiger partial charge in [-0.25, -0.2) is 4.98 Å². The average Bonchev–Trinajstić information content (AvgIpc) is 3.53. The van der Waals surface area contributed by atoms with Crippen molar-refractivity contribution < 1.29 is 14.2 Å². The highest BCUT2D eigenvalue weighted by molar-refractivity contribution is 5.86. The van der Waals surface area contributed by atoms with Gasteiger partial charge >= 0.3 is 0 Å². The molecule has 172 valence electrons. The third-order valence-corrected chi connectivity index (χ3v) is 6.97. The summed E-state index contributed by atoms with van der Waals surface area (Å²) in [5.74, 6) is 3.24. The molecule has 3 aliphatic heterocycles. The van der Waals surface area contributed by atoms with Crippen molar-refractivity contribution in [1.29, 1.82) is 0 Å². The summed E-state index contributed by atoms with van der Waals surface area (Å²) in [6.45, 7) is 4.21. The number of ether oxygens (including phenoxy) is 3. The van der Waals surface area contributed by atoms with Crippen LogP contribution in [0.4, 0.5) is 11.8 Å². The Bertz CT molecular complexity index is 1360. The molecular formula is C26H25N5O3. The predicted molar refractivity (Wildman–Crippen MR) is 129 cm³/mol. The minimum Gasteiger partial charge on any atom is -0.454 e. The predicted octanol–water partition coefficient (Wildman–Crippen LogP) is 3.68. The fourth-order valence-corrected chi connectivity index (χ4v) is 5.33. The van der Waals surface area contributed by atoms with Crippen LogP contribution in [0.25, 0.3) is 10.9 Å². The van der Waals surface area contributed by atoms with Crippen molar-refractivity contribution in [2.75, 3.05) is 49.4 Å². The highest BCUT2D eigenvalue weighted by atomic mass is 16.7. The SMILES string of the molecule is c1ccc2c3c([nH]c2c1)C(c1ccc2c(c1)OCO2)N(c1nccc(N2CCOCC2)n1)CC3. The maximum Gasteiger partial charge on any atom is 0.231 e. The van der Waals surface area contributed by atoms with Crippen LogP contribution in [0.15, 0.2) is 54.7 Å². The van der Waals surface area contributed by atoms with Gasteiger partial charge < -0.3 is 29.0 Å². The Morgan fingerprint density at radius 2 is 1.82 bits per heavy atom. The van der Waals surface area contributed by atoms with E-state index in [4.69, 9.17) is 24.2 Å². The number of H-pyrrole nitrogens is 1. The average molecular weight is 456 g/mol. The maximum absolute atomic E-state index is 5.72. The first kappa shape index (κ1) is 19.7. The van der Waals surface area contributed by atoms with Crippen molar-refractivity contribution in [3.63, 3.8) is 0 Å². The number of fused-ring (bicyclic) bond motifs is 4. The van der Waals surface area contributed by atoms with Crippen LogP contribution in [0.2, 0.25) is 0 Å². The first-order chi connectivity index (χ1) is 16.8. The summed E-state index contributed by atoms with van der Waals surface area (Å²) in [5.41, 5.74) is 4.82. The molecule has 8 heteroatoms. The van der Waals surface area contributed by atoms with E-state index >= 15 is 0 Å². The molecular weight excluding hydrogens is 430 g/mol. The molecule has 0 spiro atoms. The number of anilines is 2. The van der Waals surface area contributed by atoms with Gasteiger partial charge in [0.05, 0.1) is 19.3 Å². The lowest BCUT2D eigenvalue weighted by Gasteiger charge is -2.37. The largest absolute Gasteiger partial charge is 0.454 e. The second-order valence-electron chi connectivity index (χ2n) is 8.84. The van der Waals surface area contributed by atoms with Crippen molar-refractivity contribution in [2.24, 2.45) is 0 Å². The molecule has 1 atom stereocenters. The van der Waals surface area contributed by atoms with Gasteiger partial charge in [-0.05, 0) is 41.8 Å². The molecule has 1 unspecified atom stereocenters. The number of nitrogens with zero attached hydrogens (tertiary/aromatic N) is 4. The summed E-state index contributed by atoms with van der Waals surface area (Å²) in [6, 6.07) is 16.7. The lowest BCUT2D eigenvalue weighted by Crippen LogP contribution is -2.39. The smallest absolute Gasteiger partial charge is 0.231 e. The summed E-state index contributed by atoms with van der Waals surface area (Å²) in [5, 5.41) is 1.28. The molecule has 34 heavy (non-hydrogen) atoms. The molecule has 1 N–H and O–H groups in total. The summed E-state index contributed by atoms with van der Waals surface area (Å²) in [4.78, 5) is 18.0. The number of nitrogens with one attached hydrogen (secondary N) is 1. The molecule has 2 aromatic heterocycles. The summed E-state index contributed by atoms with van der Waals surface area (Å²) < 4.78 is 16.8. The summed E-state index contributed by atoms with van der Waals surface area (Å²) in [6.07, 6.45) is 2.79. The van der Waals surface area contributed by atoms with Crippen LogP contribution in [-0.2, 0) is 11.2 Å². The molecule has 2 aromatic carbocycles. The topological polar surface area (TPSA) is 75.7 Å². The van der Waals surface area contributed by atoms with E-state index < -0.39 is 0 Å². The van der Waals surface area contributed by atoms with Crippen LogP contribution >= 0.6 is 0 Å². The molecule has 1 saturated heterocycles. The molecule has 7 rings (SSSR count). The first-order valence-electron chi connectivity index (χ1n) is 11.8. The van der Waals surface area contributed by atoms with Crippen molar-refractivity contribution in [3.8, 4) is 11.5 Å². The zero-order valence-electron chi connectivity index (χ0n) is 18.7. The van der Waals surface area contributed by atoms with Crippen LogP contribution in [0.5, 0.6) is 11.5 Å². The number of benzene rings is 2. The standard InChI is InChI=1S/C26H25N5O3/c1-2-4-20-18(3-1)19-8-10-31(26-27-9-7-23(29-26)30-11-13-32-14-12-30)25(24(19)28-20)17-5-6-21-22(15-17)34-16-33-21/h1-7,9,15,25,28H,8,10-14,16H2. The Kier molecular flexibility index (Phi) is 4.58. The second kappa shape index (κ2) is 7.92. The van der Waals surface area contributed by atoms with E-state index in [1.54, 1.807) is 0 Å². The third kappa shape index (κ3) is 3.17. The van der Waals surface area contributed by atoms with Gasteiger partial charge in [0.25, 0.3) is 0 Å². The Hall–Kier alpha value is -3.78. The van der Waals surface area contributed by atoms with E-state index in [1.807, 2.05) is 18.3 Å². The highest BCUT2D eigenvalue weighted by Crippen LogP contribution is 2.43. The van der Waals surface area contributed by atoms with Crippen molar-refractivity contribution >= 4 is 22.7 Å². The van der Waals surface area contributed by atoms with E-state index in [0.29, 0.717) is 0 Å². The van der Waals surface area contributed by atoms with Crippen molar-refractivity contribution in [2.45, 2.75) is 12.5 Å². The molecule has 0 radical (unpaired) electrons. The third-order valence-electron chi connectivity index (χ3n) is 6.97.